The van der Waals surface area contributed by atoms with Gasteiger partial charge in [-0.25, -0.2) is 9.78 Å². The molecular formula is C23H30N4O3S. The lowest BCUT2D eigenvalue weighted by molar-refractivity contribution is -0.120. The molecule has 166 valence electrons. The summed E-state index contributed by atoms with van der Waals surface area (Å²) in [7, 11) is 0. The number of thiazole rings is 1. The van der Waals surface area contributed by atoms with Crippen molar-refractivity contribution in [1.29, 1.82) is 0 Å². The normalized spacial score (nSPS) is 19.2. The second kappa shape index (κ2) is 8.96. The van der Waals surface area contributed by atoms with E-state index in [-0.39, 0.29) is 18.0 Å². The van der Waals surface area contributed by atoms with Crippen LogP contribution in [-0.2, 0) is 29.0 Å². The molecule has 1 N–H and O–H groups in total. The maximum atomic E-state index is 13.0. The molecule has 2 amide bonds. The average molecular weight is 443 g/mol. The van der Waals surface area contributed by atoms with Crippen LogP contribution in [0.15, 0.2) is 30.3 Å². The van der Waals surface area contributed by atoms with Crippen molar-refractivity contribution >= 4 is 28.5 Å². The molecule has 0 aliphatic carbocycles. The van der Waals surface area contributed by atoms with Gasteiger partial charge in [-0.2, -0.15) is 0 Å². The molecule has 0 spiro atoms. The van der Waals surface area contributed by atoms with Gasteiger partial charge >= 0.3 is 6.09 Å². The molecule has 0 bridgehead atoms. The van der Waals surface area contributed by atoms with Crippen LogP contribution in [-0.4, -0.2) is 51.5 Å². The molecule has 1 aromatic heterocycles. The predicted octanol–water partition coefficient (Wildman–Crippen LogP) is 4.04. The van der Waals surface area contributed by atoms with Gasteiger partial charge in [-0.15, -0.1) is 0 Å². The van der Waals surface area contributed by atoms with Crippen LogP contribution in [0, 0.1) is 0 Å². The van der Waals surface area contributed by atoms with E-state index in [1.54, 1.807) is 4.90 Å². The quantitative estimate of drug-likeness (QED) is 0.774. The Morgan fingerprint density at radius 3 is 2.74 bits per heavy atom. The minimum Gasteiger partial charge on any atom is -0.444 e. The van der Waals surface area contributed by atoms with Gasteiger partial charge < -0.3 is 15.0 Å². The molecular weight excluding hydrogens is 412 g/mol. The molecule has 1 fully saturated rings. The fourth-order valence-corrected chi connectivity index (χ4v) is 5.08. The van der Waals surface area contributed by atoms with Crippen LogP contribution in [0.5, 0.6) is 0 Å². The van der Waals surface area contributed by atoms with E-state index in [4.69, 9.17) is 4.74 Å². The van der Waals surface area contributed by atoms with E-state index in [1.165, 1.54) is 16.9 Å². The number of likely N-dealkylation sites (tertiary alicyclic amines) is 1. The third-order valence-corrected chi connectivity index (χ3v) is 6.51. The van der Waals surface area contributed by atoms with E-state index < -0.39 is 5.60 Å². The molecule has 1 atom stereocenters. The third kappa shape index (κ3) is 5.43. The molecule has 31 heavy (non-hydrogen) atoms. The maximum absolute atomic E-state index is 13.0. The van der Waals surface area contributed by atoms with Gasteiger partial charge in [-0.05, 0) is 45.7 Å². The van der Waals surface area contributed by atoms with E-state index in [2.05, 4.69) is 27.3 Å². The number of carbonyl (C=O) groups excluding carboxylic acids is 2. The highest BCUT2D eigenvalue weighted by atomic mass is 32.1. The first-order chi connectivity index (χ1) is 14.8. The average Bonchev–Trinajstić information content (AvgIpc) is 3.33. The van der Waals surface area contributed by atoms with Gasteiger partial charge in [0.25, 0.3) is 0 Å². The van der Waals surface area contributed by atoms with Crippen LogP contribution in [0.25, 0.3) is 0 Å². The predicted molar refractivity (Wildman–Crippen MR) is 121 cm³/mol. The second-order valence-corrected chi connectivity index (χ2v) is 10.2. The number of fused-ring (bicyclic) bond motifs is 1. The summed E-state index contributed by atoms with van der Waals surface area (Å²) in [6, 6.07) is 10.1. The molecule has 2 aromatic rings. The first-order valence-electron chi connectivity index (χ1n) is 10.8. The van der Waals surface area contributed by atoms with Crippen molar-refractivity contribution in [3.05, 3.63) is 46.5 Å². The second-order valence-electron chi connectivity index (χ2n) is 9.14. The van der Waals surface area contributed by atoms with Crippen LogP contribution < -0.4 is 5.32 Å². The minimum atomic E-state index is -0.517. The van der Waals surface area contributed by atoms with Gasteiger partial charge in [0.05, 0.1) is 18.3 Å². The number of hydrogen-bond acceptors (Lipinski definition) is 6. The summed E-state index contributed by atoms with van der Waals surface area (Å²) >= 11 is 1.46. The summed E-state index contributed by atoms with van der Waals surface area (Å²) in [6.07, 6.45) is 2.24. The number of nitrogens with one attached hydrogen (secondary N) is 1. The van der Waals surface area contributed by atoms with E-state index in [1.807, 2.05) is 39.0 Å². The highest BCUT2D eigenvalue weighted by Gasteiger charge is 2.32. The highest BCUT2D eigenvalue weighted by Crippen LogP contribution is 2.30. The highest BCUT2D eigenvalue weighted by molar-refractivity contribution is 7.15. The Balaban J connectivity index is 1.37. The number of hydrogen-bond donors (Lipinski definition) is 1. The Morgan fingerprint density at radius 1 is 1.23 bits per heavy atom. The van der Waals surface area contributed by atoms with Gasteiger partial charge in [0.1, 0.15) is 5.60 Å². The van der Waals surface area contributed by atoms with E-state index in [9.17, 15) is 9.59 Å². The largest absolute Gasteiger partial charge is 0.444 e. The summed E-state index contributed by atoms with van der Waals surface area (Å²) in [6.45, 7) is 8.35. The Morgan fingerprint density at radius 2 is 2.00 bits per heavy atom. The summed E-state index contributed by atoms with van der Waals surface area (Å²) in [4.78, 5) is 35.0. The molecule has 2 aliphatic rings. The number of ether oxygens (including phenoxy) is 1. The third-order valence-electron chi connectivity index (χ3n) is 5.51. The lowest BCUT2D eigenvalue weighted by atomic mass is 10.1. The van der Waals surface area contributed by atoms with Crippen LogP contribution in [0.1, 0.15) is 49.7 Å². The lowest BCUT2D eigenvalue weighted by Gasteiger charge is -2.29. The number of nitrogens with zero attached hydrogens (tertiary/aromatic N) is 3. The number of aromatic nitrogens is 1. The molecule has 8 heteroatoms. The van der Waals surface area contributed by atoms with Crippen LogP contribution in [0.2, 0.25) is 0 Å². The topological polar surface area (TPSA) is 74.8 Å². The van der Waals surface area contributed by atoms with Crippen molar-refractivity contribution in [3.8, 4) is 0 Å². The van der Waals surface area contributed by atoms with Crippen molar-refractivity contribution in [2.75, 3.05) is 18.4 Å². The van der Waals surface area contributed by atoms with Gasteiger partial charge in [0.15, 0.2) is 5.13 Å². The minimum absolute atomic E-state index is 0.00327. The molecule has 1 aromatic carbocycles. The first kappa shape index (κ1) is 21.8. The number of benzene rings is 1. The Kier molecular flexibility index (Phi) is 6.29. The van der Waals surface area contributed by atoms with Crippen molar-refractivity contribution in [1.82, 2.24) is 14.8 Å². The van der Waals surface area contributed by atoms with Crippen LogP contribution >= 0.6 is 11.3 Å². The van der Waals surface area contributed by atoms with Crippen LogP contribution in [0.3, 0.4) is 0 Å². The summed E-state index contributed by atoms with van der Waals surface area (Å²) in [5, 5.41) is 3.65. The van der Waals surface area contributed by atoms with Gasteiger partial charge in [-0.3, -0.25) is 9.69 Å². The molecule has 7 nitrogen and oxygen atoms in total. The molecule has 3 heterocycles. The van der Waals surface area contributed by atoms with Crippen LogP contribution in [0.4, 0.5) is 9.93 Å². The zero-order valence-electron chi connectivity index (χ0n) is 18.4. The van der Waals surface area contributed by atoms with Crippen molar-refractivity contribution in [3.63, 3.8) is 0 Å². The number of rotatable bonds is 4. The molecule has 1 saturated heterocycles. The maximum Gasteiger partial charge on any atom is 0.410 e. The van der Waals surface area contributed by atoms with Gasteiger partial charge in [-0.1, -0.05) is 41.7 Å². The SMILES string of the molecule is CC(C)(C)OC(=O)N1CCc2nc(NC(=O)C3CCCN3Cc3ccccc3)sc2C1. The number of amides is 2. The summed E-state index contributed by atoms with van der Waals surface area (Å²) in [5.74, 6) is 0.00327. The zero-order valence-corrected chi connectivity index (χ0v) is 19.2. The molecule has 0 saturated carbocycles. The monoisotopic (exact) mass is 442 g/mol. The Hall–Kier alpha value is -2.45. The fraction of sp³-hybridized carbons (Fsp3) is 0.522. The Bertz CT molecular complexity index is 938. The fourth-order valence-electron chi connectivity index (χ4n) is 4.05. The number of anilines is 1. The lowest BCUT2D eigenvalue weighted by Crippen LogP contribution is -2.39. The summed E-state index contributed by atoms with van der Waals surface area (Å²) in [5.41, 5.74) is 1.67. The Labute approximate surface area is 187 Å². The molecule has 0 radical (unpaired) electrons. The van der Waals surface area contributed by atoms with E-state index in [0.717, 1.165) is 36.5 Å². The summed E-state index contributed by atoms with van der Waals surface area (Å²) < 4.78 is 5.49. The standard InChI is InChI=1S/C23H30N4O3S/c1-23(2,3)30-22(29)27-13-11-17-19(15-27)31-21(24-17)25-20(28)18-10-7-12-26(18)14-16-8-5-4-6-9-16/h4-6,8-9,18H,7,10-15H2,1-3H3,(H,24,25,28). The zero-order chi connectivity index (χ0) is 22.0. The van der Waals surface area contributed by atoms with Gasteiger partial charge in [0, 0.05) is 24.4 Å². The van der Waals surface area contributed by atoms with Gasteiger partial charge in [0.2, 0.25) is 5.91 Å². The first-order valence-corrected chi connectivity index (χ1v) is 11.7. The smallest absolute Gasteiger partial charge is 0.410 e. The van der Waals surface area contributed by atoms with E-state index >= 15 is 0 Å². The molecule has 1 unspecified atom stereocenters. The van der Waals surface area contributed by atoms with Crippen molar-refractivity contribution in [2.24, 2.45) is 0 Å². The molecule has 4 rings (SSSR count). The van der Waals surface area contributed by atoms with Crippen molar-refractivity contribution in [2.45, 2.75) is 64.8 Å². The number of carbonyl (C=O) groups is 2. The van der Waals surface area contributed by atoms with Crippen molar-refractivity contribution < 1.29 is 14.3 Å². The van der Waals surface area contributed by atoms with E-state index in [0.29, 0.717) is 24.6 Å². The molecule has 2 aliphatic heterocycles.